The largest absolute Gasteiger partial charge is 0.454 e. The van der Waals surface area contributed by atoms with Crippen LogP contribution in [0.4, 0.5) is 11.4 Å². The molecule has 3 N–H and O–H groups in total. The van der Waals surface area contributed by atoms with Crippen molar-refractivity contribution < 1.29 is 22.8 Å². The fourth-order valence-corrected chi connectivity index (χ4v) is 1.97. The number of hydrogen-bond acceptors (Lipinski definition) is 6. The van der Waals surface area contributed by atoms with Crippen molar-refractivity contribution in [1.29, 1.82) is 0 Å². The third-order valence-electron chi connectivity index (χ3n) is 1.87. The smallest absolute Gasteiger partial charge is 0.326 e. The monoisotopic (exact) mass is 275 g/mol. The molecule has 1 aromatic carbocycles. The molecule has 0 aliphatic heterocycles. The van der Waals surface area contributed by atoms with Crippen molar-refractivity contribution in [2.24, 2.45) is 5.90 Å². The molecule has 0 aliphatic rings. The maximum absolute atomic E-state index is 11.4. The second kappa shape index (κ2) is 5.18. The number of nitro benzene ring substituents is 1. The Bertz CT molecular complexity index is 546. The molecule has 1 aromatic rings. The number of nitrogens with two attached hydrogens (primary N) is 1. The van der Waals surface area contributed by atoms with E-state index in [-0.39, 0.29) is 5.69 Å². The fraction of sp³-hybridized carbons (Fsp3) is 0.125. The first-order valence-electron chi connectivity index (χ1n) is 4.47. The minimum Gasteiger partial charge on any atom is -0.326 e. The summed E-state index contributed by atoms with van der Waals surface area (Å²) < 4.78 is 26.5. The van der Waals surface area contributed by atoms with Crippen molar-refractivity contribution >= 4 is 27.8 Å². The predicted molar refractivity (Wildman–Crippen MR) is 59.7 cm³/mol. The van der Waals surface area contributed by atoms with Gasteiger partial charge in [-0.3, -0.25) is 14.9 Å². The molecule has 0 aromatic heterocycles. The van der Waals surface area contributed by atoms with E-state index in [1.165, 1.54) is 13.0 Å². The number of nitrogens with zero attached hydrogens (tertiary/aromatic N) is 1. The van der Waals surface area contributed by atoms with Gasteiger partial charge in [-0.1, -0.05) is 0 Å². The van der Waals surface area contributed by atoms with Gasteiger partial charge in [0.05, 0.1) is 9.48 Å². The lowest BCUT2D eigenvalue weighted by molar-refractivity contribution is -0.388. The molecule has 0 saturated heterocycles. The van der Waals surface area contributed by atoms with Gasteiger partial charge in [-0.05, 0) is 14.6 Å². The van der Waals surface area contributed by atoms with Gasteiger partial charge < -0.3 is 5.32 Å². The van der Waals surface area contributed by atoms with Gasteiger partial charge in [-0.15, -0.1) is 0 Å². The van der Waals surface area contributed by atoms with Crippen molar-refractivity contribution in [1.82, 2.24) is 0 Å². The van der Waals surface area contributed by atoms with Gasteiger partial charge in [0.2, 0.25) is 5.91 Å². The molecule has 0 saturated carbocycles. The van der Waals surface area contributed by atoms with E-state index in [4.69, 9.17) is 0 Å². The van der Waals surface area contributed by atoms with Crippen LogP contribution in [-0.4, -0.2) is 10.8 Å². The molecule has 1 radical (unpaired) electrons. The molecule has 1 atom stereocenters. The van der Waals surface area contributed by atoms with Crippen molar-refractivity contribution in [3.05, 3.63) is 28.3 Å². The van der Waals surface area contributed by atoms with Gasteiger partial charge in [0.15, 0.2) is 0 Å². The van der Waals surface area contributed by atoms with Crippen LogP contribution in [0.3, 0.4) is 0 Å². The van der Waals surface area contributed by atoms with Crippen molar-refractivity contribution in [3.63, 3.8) is 0 Å². The number of rotatable bonds is 4. The quantitative estimate of drug-likeness (QED) is 0.466. The number of nitro groups is 1. The van der Waals surface area contributed by atoms with E-state index in [0.717, 1.165) is 12.1 Å². The molecule has 97 valence electrons. The number of hydrogen-bond donors (Lipinski definition) is 2. The third-order valence-corrected chi connectivity index (χ3v) is 2.99. The van der Waals surface area contributed by atoms with Crippen molar-refractivity contribution in [2.45, 2.75) is 11.8 Å². The van der Waals surface area contributed by atoms with Crippen LogP contribution in [0.2, 0.25) is 0 Å². The lowest BCUT2D eigenvalue weighted by Crippen LogP contribution is -2.19. The summed E-state index contributed by atoms with van der Waals surface area (Å²) >= 11 is 0. The summed E-state index contributed by atoms with van der Waals surface area (Å²) in [5.74, 6) is 4.10. The zero-order valence-corrected chi connectivity index (χ0v) is 9.93. The number of amides is 1. The summed E-state index contributed by atoms with van der Waals surface area (Å²) in [7, 11) is -4.45. The van der Waals surface area contributed by atoms with Gasteiger partial charge in [-0.25, -0.2) is 0 Å². The fourth-order valence-electron chi connectivity index (χ4n) is 1.20. The van der Waals surface area contributed by atoms with E-state index in [0.29, 0.717) is 0 Å². The summed E-state index contributed by atoms with van der Waals surface area (Å²) in [6.07, 6.45) is 0. The topological polar surface area (TPSA) is 144 Å². The average Bonchev–Trinajstić information content (AvgIpc) is 2.27. The van der Waals surface area contributed by atoms with Crippen LogP contribution in [0.1, 0.15) is 6.92 Å². The molecule has 10 heteroatoms. The summed E-state index contributed by atoms with van der Waals surface area (Å²) in [6.45, 7) is 1.20. The average molecular weight is 275 g/mol. The highest BCUT2D eigenvalue weighted by molar-refractivity contribution is 7.93. The summed E-state index contributed by atoms with van der Waals surface area (Å²) in [5.41, 5.74) is -0.627. The Morgan fingerprint density at radius 3 is 2.61 bits per heavy atom. The van der Waals surface area contributed by atoms with Crippen LogP contribution in [0, 0.1) is 10.1 Å². The molecule has 9 nitrogen and oxygen atoms in total. The number of carbonyl (C=O) groups is 1. The normalized spacial score (nSPS) is 13.7. The predicted octanol–water partition coefficient (Wildman–Crippen LogP) is 0.562. The highest BCUT2D eigenvalue weighted by Crippen LogP contribution is 2.30. The third kappa shape index (κ3) is 3.07. The Hall–Kier alpha value is -1.88. The molecule has 18 heavy (non-hydrogen) atoms. The van der Waals surface area contributed by atoms with Gasteiger partial charge in [-0.2, -0.15) is 5.90 Å². The first-order valence-corrected chi connectivity index (χ1v) is 5.88. The molecule has 0 bridgehead atoms. The van der Waals surface area contributed by atoms with Crippen LogP contribution in [-0.2, 0) is 28.3 Å². The van der Waals surface area contributed by atoms with E-state index in [1.54, 1.807) is 0 Å². The standard InChI is InChI=1S/C8H9N3O6S/c1-5(12)10-6-2-3-7(11(13)14)8(4-6)18(15,16)17-9/h2-4H,9H2,1H3,(H,10,12)/q+1. The molecule has 1 unspecified atom stereocenters. The van der Waals surface area contributed by atoms with Crippen LogP contribution in [0.25, 0.3) is 0 Å². The minimum absolute atomic E-state index is 0.0729. The molecule has 0 spiro atoms. The van der Waals surface area contributed by atoms with Crippen LogP contribution < -0.4 is 11.2 Å². The molecule has 0 aliphatic carbocycles. The first-order chi connectivity index (χ1) is 8.27. The zero-order chi connectivity index (χ0) is 13.9. The SMILES string of the molecule is CC(=O)Nc1ccc([N+](=O)[O-])c([S+]([O])(=O)ON)c1. The number of nitrogens with one attached hydrogen (secondary N) is 1. The minimum atomic E-state index is -4.45. The molecule has 1 amide bonds. The Balaban J connectivity index is 3.37. The number of benzene rings is 1. The van der Waals surface area contributed by atoms with E-state index in [2.05, 4.69) is 15.5 Å². The molecular formula is C8H9N3O6S+. The lowest BCUT2D eigenvalue weighted by Gasteiger charge is -2.03. The Kier molecular flexibility index (Phi) is 4.08. The second-order valence-electron chi connectivity index (χ2n) is 3.17. The van der Waals surface area contributed by atoms with E-state index >= 15 is 0 Å². The van der Waals surface area contributed by atoms with Crippen LogP contribution in [0.5, 0.6) is 0 Å². The van der Waals surface area contributed by atoms with Gasteiger partial charge in [0.25, 0.3) is 0 Å². The van der Waals surface area contributed by atoms with E-state index < -0.39 is 31.9 Å². The zero-order valence-electron chi connectivity index (χ0n) is 9.11. The van der Waals surface area contributed by atoms with Crippen LogP contribution in [0.15, 0.2) is 23.1 Å². The van der Waals surface area contributed by atoms with E-state index in [1.807, 2.05) is 0 Å². The molecule has 1 rings (SSSR count). The summed E-state index contributed by atoms with van der Waals surface area (Å²) in [4.78, 5) is 19.9. The molecular weight excluding hydrogens is 266 g/mol. The summed E-state index contributed by atoms with van der Waals surface area (Å²) in [6, 6.07) is 3.01. The number of carbonyl (C=O) groups excluding carboxylic acids is 1. The maximum Gasteiger partial charge on any atom is 0.454 e. The Labute approximate surface area is 102 Å². The summed E-state index contributed by atoms with van der Waals surface area (Å²) in [5, 5.41) is 13.0. The highest BCUT2D eigenvalue weighted by Gasteiger charge is 2.42. The maximum atomic E-state index is 11.4. The highest BCUT2D eigenvalue weighted by atomic mass is 32.3. The Morgan fingerprint density at radius 1 is 1.56 bits per heavy atom. The molecule has 0 heterocycles. The lowest BCUT2D eigenvalue weighted by atomic mass is 10.3. The Morgan fingerprint density at radius 2 is 2.17 bits per heavy atom. The van der Waals surface area contributed by atoms with Crippen molar-refractivity contribution in [2.75, 3.05) is 5.32 Å². The van der Waals surface area contributed by atoms with Gasteiger partial charge in [0, 0.05) is 24.7 Å². The van der Waals surface area contributed by atoms with E-state index in [9.17, 15) is 23.7 Å². The second-order valence-corrected chi connectivity index (χ2v) is 4.71. The number of anilines is 1. The molecule has 0 fully saturated rings. The van der Waals surface area contributed by atoms with Crippen molar-refractivity contribution in [3.8, 4) is 0 Å². The van der Waals surface area contributed by atoms with Gasteiger partial charge in [0.1, 0.15) is 0 Å². The first kappa shape index (κ1) is 14.2. The van der Waals surface area contributed by atoms with Crippen LogP contribution >= 0.6 is 0 Å². The van der Waals surface area contributed by atoms with Gasteiger partial charge >= 0.3 is 21.1 Å².